The van der Waals surface area contributed by atoms with Crippen LogP contribution in [0.25, 0.3) is 0 Å². The fraction of sp³-hybridized carbons (Fsp3) is 0.800. The Kier molecular flexibility index (Phi) is 4.56. The number of tetrazole rings is 1. The molecule has 0 saturated heterocycles. The van der Waals surface area contributed by atoms with Crippen molar-refractivity contribution in [3.63, 3.8) is 0 Å². The zero-order valence-electron chi connectivity index (χ0n) is 10.4. The molecule has 1 heterocycles. The molecule has 0 saturated carbocycles. The number of hydrogen-bond acceptors (Lipinski definition) is 5. The van der Waals surface area contributed by atoms with Gasteiger partial charge in [-0.15, -0.1) is 5.10 Å². The van der Waals surface area contributed by atoms with E-state index in [0.717, 1.165) is 0 Å². The van der Waals surface area contributed by atoms with Gasteiger partial charge in [0.05, 0.1) is 18.6 Å². The Morgan fingerprint density at radius 1 is 1.53 bits per heavy atom. The molecule has 0 aliphatic heterocycles. The summed E-state index contributed by atoms with van der Waals surface area (Å²) in [6, 6.07) is 0. The van der Waals surface area contributed by atoms with Crippen molar-refractivity contribution in [2.75, 3.05) is 13.2 Å². The SMILES string of the molecule is CCOCCc1nnnn1CC(C)(C)C(=O)O. The smallest absolute Gasteiger partial charge is 0.310 e. The van der Waals surface area contributed by atoms with Crippen molar-refractivity contribution in [3.8, 4) is 0 Å². The van der Waals surface area contributed by atoms with Crippen molar-refractivity contribution in [2.45, 2.75) is 33.7 Å². The lowest BCUT2D eigenvalue weighted by Gasteiger charge is -2.18. The normalized spacial score (nSPS) is 11.7. The molecule has 7 heteroatoms. The summed E-state index contributed by atoms with van der Waals surface area (Å²) in [7, 11) is 0. The number of nitrogens with zero attached hydrogens (tertiary/aromatic N) is 4. The number of rotatable bonds is 7. The first-order valence-corrected chi connectivity index (χ1v) is 5.53. The van der Waals surface area contributed by atoms with Crippen LogP contribution in [0.15, 0.2) is 0 Å². The largest absolute Gasteiger partial charge is 0.481 e. The molecule has 0 fully saturated rings. The Morgan fingerprint density at radius 3 is 2.82 bits per heavy atom. The van der Waals surface area contributed by atoms with Gasteiger partial charge in [0.1, 0.15) is 0 Å². The third kappa shape index (κ3) is 3.77. The Morgan fingerprint density at radius 2 is 2.24 bits per heavy atom. The van der Waals surface area contributed by atoms with Crippen molar-refractivity contribution < 1.29 is 14.6 Å². The van der Waals surface area contributed by atoms with Crippen molar-refractivity contribution in [3.05, 3.63) is 5.82 Å². The maximum atomic E-state index is 11.0. The summed E-state index contributed by atoms with van der Waals surface area (Å²) in [4.78, 5) is 11.0. The van der Waals surface area contributed by atoms with Crippen LogP contribution in [0, 0.1) is 5.41 Å². The van der Waals surface area contributed by atoms with E-state index < -0.39 is 11.4 Å². The van der Waals surface area contributed by atoms with Crippen LogP contribution < -0.4 is 0 Å². The van der Waals surface area contributed by atoms with Crippen LogP contribution in [0.2, 0.25) is 0 Å². The zero-order chi connectivity index (χ0) is 12.9. The number of hydrogen-bond donors (Lipinski definition) is 1. The van der Waals surface area contributed by atoms with Gasteiger partial charge in [-0.2, -0.15) is 0 Å². The summed E-state index contributed by atoms with van der Waals surface area (Å²) >= 11 is 0. The molecule has 0 aliphatic rings. The maximum Gasteiger partial charge on any atom is 0.310 e. The summed E-state index contributed by atoms with van der Waals surface area (Å²) in [5, 5.41) is 20.3. The van der Waals surface area contributed by atoms with Gasteiger partial charge in [0.25, 0.3) is 0 Å². The molecule has 0 bridgehead atoms. The lowest BCUT2D eigenvalue weighted by Crippen LogP contribution is -2.30. The van der Waals surface area contributed by atoms with E-state index in [1.807, 2.05) is 6.92 Å². The standard InChI is InChI=1S/C10H18N4O3/c1-4-17-6-5-8-11-12-13-14(8)7-10(2,3)9(15)16/h4-7H2,1-3H3,(H,15,16). The molecule has 96 valence electrons. The molecule has 0 aromatic carbocycles. The molecule has 0 unspecified atom stereocenters. The number of aliphatic carboxylic acids is 1. The monoisotopic (exact) mass is 242 g/mol. The highest BCUT2D eigenvalue weighted by Crippen LogP contribution is 2.18. The number of aromatic nitrogens is 4. The summed E-state index contributed by atoms with van der Waals surface area (Å²) < 4.78 is 6.74. The van der Waals surface area contributed by atoms with Crippen LogP contribution >= 0.6 is 0 Å². The third-order valence-electron chi connectivity index (χ3n) is 2.40. The summed E-state index contributed by atoms with van der Waals surface area (Å²) in [6.07, 6.45) is 0.580. The molecular formula is C10H18N4O3. The fourth-order valence-corrected chi connectivity index (χ4v) is 1.27. The van der Waals surface area contributed by atoms with E-state index in [-0.39, 0.29) is 6.54 Å². The molecule has 0 radical (unpaired) electrons. The highest BCUT2D eigenvalue weighted by atomic mass is 16.5. The van der Waals surface area contributed by atoms with Gasteiger partial charge in [-0.1, -0.05) is 0 Å². The van der Waals surface area contributed by atoms with E-state index in [2.05, 4.69) is 15.5 Å². The van der Waals surface area contributed by atoms with Crippen LogP contribution in [0.1, 0.15) is 26.6 Å². The zero-order valence-corrected chi connectivity index (χ0v) is 10.4. The van der Waals surface area contributed by atoms with Crippen LogP contribution in [0.3, 0.4) is 0 Å². The second-order valence-corrected chi connectivity index (χ2v) is 4.39. The molecule has 0 aliphatic carbocycles. The van der Waals surface area contributed by atoms with Gasteiger partial charge in [0, 0.05) is 13.0 Å². The second kappa shape index (κ2) is 5.72. The predicted molar refractivity (Wildman–Crippen MR) is 59.4 cm³/mol. The van der Waals surface area contributed by atoms with Crippen LogP contribution in [-0.4, -0.2) is 44.5 Å². The number of ether oxygens (including phenoxy) is 1. The molecular weight excluding hydrogens is 224 g/mol. The van der Waals surface area contributed by atoms with Crippen molar-refractivity contribution in [2.24, 2.45) is 5.41 Å². The van der Waals surface area contributed by atoms with Crippen molar-refractivity contribution >= 4 is 5.97 Å². The molecule has 0 atom stereocenters. The van der Waals surface area contributed by atoms with Gasteiger partial charge in [-0.05, 0) is 31.2 Å². The summed E-state index contributed by atoms with van der Waals surface area (Å²) in [5.41, 5.74) is -0.893. The molecule has 1 rings (SSSR count). The number of carboxylic acids is 1. The quantitative estimate of drug-likeness (QED) is 0.694. The second-order valence-electron chi connectivity index (χ2n) is 4.39. The minimum Gasteiger partial charge on any atom is -0.481 e. The first-order chi connectivity index (χ1) is 7.97. The third-order valence-corrected chi connectivity index (χ3v) is 2.40. The van der Waals surface area contributed by atoms with Gasteiger partial charge in [0.15, 0.2) is 5.82 Å². The topological polar surface area (TPSA) is 90.1 Å². The van der Waals surface area contributed by atoms with E-state index in [4.69, 9.17) is 9.84 Å². The highest BCUT2D eigenvalue weighted by Gasteiger charge is 2.29. The Hall–Kier alpha value is -1.50. The van der Waals surface area contributed by atoms with E-state index in [1.54, 1.807) is 13.8 Å². The molecule has 0 spiro atoms. The molecule has 7 nitrogen and oxygen atoms in total. The lowest BCUT2D eigenvalue weighted by atomic mass is 9.94. The lowest BCUT2D eigenvalue weighted by molar-refractivity contribution is -0.147. The van der Waals surface area contributed by atoms with Crippen molar-refractivity contribution in [1.82, 2.24) is 20.2 Å². The van der Waals surface area contributed by atoms with Crippen LogP contribution in [0.5, 0.6) is 0 Å². The predicted octanol–water partition coefficient (Wildman–Crippen LogP) is 0.363. The van der Waals surface area contributed by atoms with Crippen LogP contribution in [0.4, 0.5) is 0 Å². The van der Waals surface area contributed by atoms with Crippen LogP contribution in [-0.2, 0) is 22.5 Å². The van der Waals surface area contributed by atoms with Gasteiger partial charge in [0.2, 0.25) is 0 Å². The first kappa shape index (κ1) is 13.6. The molecule has 17 heavy (non-hydrogen) atoms. The Balaban J connectivity index is 2.65. The van der Waals surface area contributed by atoms with Crippen molar-refractivity contribution in [1.29, 1.82) is 0 Å². The van der Waals surface area contributed by atoms with E-state index in [1.165, 1.54) is 4.68 Å². The average Bonchev–Trinajstić information content (AvgIpc) is 2.65. The summed E-state index contributed by atoms with van der Waals surface area (Å²) in [6.45, 7) is 6.62. The molecule has 1 N–H and O–H groups in total. The fourth-order valence-electron chi connectivity index (χ4n) is 1.27. The molecule has 1 aromatic heterocycles. The molecule has 0 amide bonds. The minimum absolute atomic E-state index is 0.247. The van der Waals surface area contributed by atoms with Gasteiger partial charge in [-0.3, -0.25) is 4.79 Å². The van der Waals surface area contributed by atoms with E-state index in [0.29, 0.717) is 25.5 Å². The number of carboxylic acid groups (broad SMARTS) is 1. The number of carbonyl (C=O) groups is 1. The summed E-state index contributed by atoms with van der Waals surface area (Å²) in [5.74, 6) is -0.225. The minimum atomic E-state index is -0.893. The van der Waals surface area contributed by atoms with E-state index in [9.17, 15) is 4.79 Å². The van der Waals surface area contributed by atoms with Gasteiger partial charge < -0.3 is 9.84 Å². The first-order valence-electron chi connectivity index (χ1n) is 5.53. The molecule has 1 aromatic rings. The van der Waals surface area contributed by atoms with Gasteiger partial charge >= 0.3 is 5.97 Å². The Bertz CT molecular complexity index is 375. The van der Waals surface area contributed by atoms with E-state index >= 15 is 0 Å². The highest BCUT2D eigenvalue weighted by molar-refractivity contribution is 5.73. The average molecular weight is 242 g/mol. The Labute approximate surface area is 99.8 Å². The van der Waals surface area contributed by atoms with Gasteiger partial charge in [-0.25, -0.2) is 4.68 Å². The maximum absolute atomic E-state index is 11.0.